The Kier molecular flexibility index (Phi) is 3.34. The molecular formula is C32H14N4O2. The summed E-state index contributed by atoms with van der Waals surface area (Å²) in [4.78, 5) is 3.72. The van der Waals surface area contributed by atoms with Crippen LogP contribution in [0.3, 0.4) is 0 Å². The minimum atomic E-state index is 0.564. The fraction of sp³-hybridized carbons (Fsp3) is 0. The lowest BCUT2D eigenvalue weighted by atomic mass is 10.1. The van der Waals surface area contributed by atoms with E-state index < -0.39 is 0 Å². The molecule has 5 aromatic carbocycles. The predicted octanol–water partition coefficient (Wildman–Crippen LogP) is 8.72. The summed E-state index contributed by atoms with van der Waals surface area (Å²) in [5.74, 6) is 0. The second-order valence-electron chi connectivity index (χ2n) is 9.57. The Hall–Kier alpha value is -5.72. The Morgan fingerprint density at radius 3 is 1.79 bits per heavy atom. The topological polar surface area (TPSA) is 63.2 Å². The van der Waals surface area contributed by atoms with E-state index in [1.54, 1.807) is 0 Å². The summed E-state index contributed by atoms with van der Waals surface area (Å²) in [5.41, 5.74) is 9.68. The number of nitrogens with zero attached hydrogens (tertiary/aromatic N) is 4. The fourth-order valence-electron chi connectivity index (χ4n) is 6.21. The molecule has 0 saturated heterocycles. The van der Waals surface area contributed by atoms with Crippen LogP contribution < -0.4 is 0 Å². The van der Waals surface area contributed by atoms with Gasteiger partial charge in [0.25, 0.3) is 0 Å². The fourth-order valence-corrected chi connectivity index (χ4v) is 6.21. The van der Waals surface area contributed by atoms with Crippen molar-refractivity contribution in [1.29, 1.82) is 5.26 Å². The lowest BCUT2D eigenvalue weighted by Crippen LogP contribution is -1.93. The van der Waals surface area contributed by atoms with Crippen molar-refractivity contribution in [2.45, 2.75) is 0 Å². The van der Waals surface area contributed by atoms with Gasteiger partial charge in [0.05, 0.1) is 51.0 Å². The number of aromatic nitrogens is 2. The van der Waals surface area contributed by atoms with Crippen LogP contribution in [0.5, 0.6) is 0 Å². The molecule has 0 spiro atoms. The highest BCUT2D eigenvalue weighted by Gasteiger charge is 2.27. The molecule has 0 amide bonds. The van der Waals surface area contributed by atoms with Gasteiger partial charge in [0.1, 0.15) is 11.0 Å². The summed E-state index contributed by atoms with van der Waals surface area (Å²) in [5, 5.41) is 13.4. The van der Waals surface area contributed by atoms with Crippen LogP contribution in [0.15, 0.2) is 93.8 Å². The number of hydrogen-bond acceptors (Lipinski definition) is 3. The van der Waals surface area contributed by atoms with Gasteiger partial charge in [-0.1, -0.05) is 30.3 Å². The minimum absolute atomic E-state index is 0.564. The molecule has 0 unspecified atom stereocenters. The van der Waals surface area contributed by atoms with Gasteiger partial charge in [-0.2, -0.15) is 5.26 Å². The van der Waals surface area contributed by atoms with Crippen LogP contribution in [0.4, 0.5) is 5.69 Å². The second-order valence-corrected chi connectivity index (χ2v) is 9.57. The Morgan fingerprint density at radius 1 is 0.658 bits per heavy atom. The van der Waals surface area contributed by atoms with Crippen LogP contribution in [-0.2, 0) is 0 Å². The minimum Gasteiger partial charge on any atom is -0.452 e. The summed E-state index contributed by atoms with van der Waals surface area (Å²) in [6, 6.07) is 29.8. The van der Waals surface area contributed by atoms with E-state index in [9.17, 15) is 5.26 Å². The van der Waals surface area contributed by atoms with Crippen molar-refractivity contribution in [3.63, 3.8) is 0 Å². The molecule has 0 bridgehead atoms. The molecule has 174 valence electrons. The van der Waals surface area contributed by atoms with Gasteiger partial charge in [0.15, 0.2) is 28.0 Å². The molecule has 0 aliphatic carbocycles. The zero-order valence-corrected chi connectivity index (χ0v) is 19.7. The third-order valence-corrected chi connectivity index (χ3v) is 7.70. The normalized spacial score (nSPS) is 12.2. The smallest absolute Gasteiger partial charge is 0.188 e. The van der Waals surface area contributed by atoms with E-state index in [-0.39, 0.29) is 0 Å². The van der Waals surface area contributed by atoms with Crippen LogP contribution in [-0.4, -0.2) is 8.80 Å². The Morgan fingerprint density at radius 2 is 1.21 bits per heavy atom. The van der Waals surface area contributed by atoms with Crippen LogP contribution in [0.25, 0.3) is 81.8 Å². The van der Waals surface area contributed by atoms with Crippen molar-refractivity contribution < 1.29 is 8.83 Å². The zero-order valence-electron chi connectivity index (χ0n) is 19.7. The standard InChI is InChI=1S/C32H14N4O2/c1-34-18-11-13-22-20(15-18)28-30-31(37-26-9-5-3-7-24(26)36(22)30)27-19-14-17(16-33)10-12-21(19)35-23-6-2-4-8-25(23)38-32(28)29(27)35/h2-15H. The monoisotopic (exact) mass is 486 g/mol. The van der Waals surface area contributed by atoms with E-state index in [0.29, 0.717) is 11.3 Å². The van der Waals surface area contributed by atoms with Gasteiger partial charge in [0.2, 0.25) is 0 Å². The van der Waals surface area contributed by atoms with Crippen LogP contribution in [0.2, 0.25) is 0 Å². The first-order valence-corrected chi connectivity index (χ1v) is 12.2. The Labute approximate surface area is 213 Å². The maximum absolute atomic E-state index is 9.75. The molecule has 0 aliphatic heterocycles. The van der Waals surface area contributed by atoms with Gasteiger partial charge < -0.3 is 17.6 Å². The van der Waals surface area contributed by atoms with Crippen molar-refractivity contribution in [2.75, 3.05) is 0 Å². The lowest BCUT2D eigenvalue weighted by molar-refractivity contribution is 0.653. The van der Waals surface area contributed by atoms with Crippen LogP contribution in [0.1, 0.15) is 5.56 Å². The molecule has 6 heteroatoms. The second kappa shape index (κ2) is 6.53. The highest BCUT2D eigenvalue weighted by atomic mass is 16.3. The molecular weight excluding hydrogens is 472 g/mol. The number of fused-ring (bicyclic) bond motifs is 12. The zero-order chi connectivity index (χ0) is 25.1. The molecule has 38 heavy (non-hydrogen) atoms. The van der Waals surface area contributed by atoms with Crippen molar-refractivity contribution >= 4 is 82.7 Å². The number of hydrogen-bond donors (Lipinski definition) is 0. The number of para-hydroxylation sites is 4. The van der Waals surface area contributed by atoms with Gasteiger partial charge in [0, 0.05) is 10.8 Å². The molecule has 4 aromatic heterocycles. The number of benzene rings is 5. The molecule has 0 radical (unpaired) electrons. The van der Waals surface area contributed by atoms with Crippen molar-refractivity contribution in [3.05, 3.63) is 102 Å². The van der Waals surface area contributed by atoms with E-state index in [1.807, 2.05) is 84.9 Å². The van der Waals surface area contributed by atoms with Crippen molar-refractivity contribution in [2.24, 2.45) is 0 Å². The largest absolute Gasteiger partial charge is 0.452 e. The number of rotatable bonds is 0. The van der Waals surface area contributed by atoms with Gasteiger partial charge in [-0.05, 0) is 54.6 Å². The molecule has 9 aromatic rings. The highest BCUT2D eigenvalue weighted by molar-refractivity contribution is 6.35. The molecule has 6 nitrogen and oxygen atoms in total. The van der Waals surface area contributed by atoms with Gasteiger partial charge in [-0.3, -0.25) is 0 Å². The SMILES string of the molecule is [C-]#[N+]c1ccc2c(c1)c1c3oc4ccccc4n4c5ccc(C#N)cc5c(c5oc6ccccc6n2c51)c34. The molecule has 0 fully saturated rings. The van der Waals surface area contributed by atoms with E-state index in [2.05, 4.69) is 19.7 Å². The van der Waals surface area contributed by atoms with E-state index in [1.165, 1.54) is 0 Å². The first-order chi connectivity index (χ1) is 18.8. The van der Waals surface area contributed by atoms with Gasteiger partial charge >= 0.3 is 0 Å². The summed E-state index contributed by atoms with van der Waals surface area (Å²) in [6.45, 7) is 7.67. The predicted molar refractivity (Wildman–Crippen MR) is 149 cm³/mol. The Bertz CT molecular complexity index is 2410. The molecule has 0 aliphatic rings. The van der Waals surface area contributed by atoms with Gasteiger partial charge in [-0.25, -0.2) is 4.85 Å². The Balaban J connectivity index is 1.76. The van der Waals surface area contributed by atoms with Crippen molar-refractivity contribution in [3.8, 4) is 6.07 Å². The first-order valence-electron chi connectivity index (χ1n) is 12.2. The van der Waals surface area contributed by atoms with Crippen molar-refractivity contribution in [1.82, 2.24) is 8.80 Å². The summed E-state index contributed by atoms with van der Waals surface area (Å²) >= 11 is 0. The van der Waals surface area contributed by atoms with Gasteiger partial charge in [-0.15, -0.1) is 0 Å². The average molecular weight is 486 g/mol. The van der Waals surface area contributed by atoms with E-state index >= 15 is 0 Å². The average Bonchev–Trinajstić information content (AvgIpc) is 3.50. The molecule has 4 heterocycles. The molecule has 0 N–H and O–H groups in total. The maximum atomic E-state index is 9.75. The first kappa shape index (κ1) is 19.5. The molecule has 0 saturated carbocycles. The lowest BCUT2D eigenvalue weighted by Gasteiger charge is -2.11. The van der Waals surface area contributed by atoms with E-state index in [4.69, 9.17) is 15.4 Å². The van der Waals surface area contributed by atoms with Crippen LogP contribution >= 0.6 is 0 Å². The third-order valence-electron chi connectivity index (χ3n) is 7.70. The highest BCUT2D eigenvalue weighted by Crippen LogP contribution is 2.47. The summed E-state index contributed by atoms with van der Waals surface area (Å²) in [6.07, 6.45) is 0. The summed E-state index contributed by atoms with van der Waals surface area (Å²) < 4.78 is 17.9. The number of nitriles is 1. The maximum Gasteiger partial charge on any atom is 0.188 e. The molecule has 0 atom stereocenters. The third kappa shape index (κ3) is 2.13. The van der Waals surface area contributed by atoms with E-state index in [0.717, 1.165) is 77.0 Å². The van der Waals surface area contributed by atoms with Crippen LogP contribution in [0, 0.1) is 17.9 Å². The molecule has 9 rings (SSSR count). The quantitative estimate of drug-likeness (QED) is 0.159. The summed E-state index contributed by atoms with van der Waals surface area (Å²) in [7, 11) is 0.